The number of aryl methyl sites for hydroxylation is 1. The van der Waals surface area contributed by atoms with Crippen LogP contribution in [0.15, 0.2) is 52.4 Å². The monoisotopic (exact) mass is 260 g/mol. The van der Waals surface area contributed by atoms with Crippen molar-refractivity contribution in [3.8, 4) is 0 Å². The summed E-state index contributed by atoms with van der Waals surface area (Å²) in [6.45, 7) is 0.776. The standard InChI is InChI=1S/C14H16N2OS/c17-14-15(8-9-16(14)12-6-7-12)10-11-18-13-4-2-1-3-5-13/h1-5,8-9,12H,6-7,10-11H2. The zero-order valence-corrected chi connectivity index (χ0v) is 11.0. The fourth-order valence-electron chi connectivity index (χ4n) is 2.01. The molecule has 4 heteroatoms. The minimum absolute atomic E-state index is 0.145. The highest BCUT2D eigenvalue weighted by atomic mass is 32.2. The van der Waals surface area contributed by atoms with Crippen LogP contribution in [0.25, 0.3) is 0 Å². The van der Waals surface area contributed by atoms with Gasteiger partial charge in [0.2, 0.25) is 0 Å². The quantitative estimate of drug-likeness (QED) is 0.773. The van der Waals surface area contributed by atoms with Gasteiger partial charge in [0, 0.05) is 35.6 Å². The Bertz CT molecular complexity index is 569. The molecule has 0 saturated heterocycles. The molecule has 3 rings (SSSR count). The molecule has 1 saturated carbocycles. The lowest BCUT2D eigenvalue weighted by Crippen LogP contribution is -2.24. The summed E-state index contributed by atoms with van der Waals surface area (Å²) in [7, 11) is 0. The number of benzene rings is 1. The van der Waals surface area contributed by atoms with Crippen LogP contribution in [0.1, 0.15) is 18.9 Å². The van der Waals surface area contributed by atoms with Crippen LogP contribution in [0.3, 0.4) is 0 Å². The van der Waals surface area contributed by atoms with Gasteiger partial charge in [-0.05, 0) is 25.0 Å². The molecule has 1 aromatic carbocycles. The number of rotatable bonds is 5. The van der Waals surface area contributed by atoms with Crippen LogP contribution in [-0.2, 0) is 6.54 Å². The van der Waals surface area contributed by atoms with Gasteiger partial charge >= 0.3 is 5.69 Å². The molecule has 0 amide bonds. The van der Waals surface area contributed by atoms with Gasteiger partial charge in [-0.3, -0.25) is 9.13 Å². The summed E-state index contributed by atoms with van der Waals surface area (Å²) in [5, 5.41) is 0. The third-order valence-electron chi connectivity index (χ3n) is 3.16. The van der Waals surface area contributed by atoms with Gasteiger partial charge < -0.3 is 0 Å². The fraction of sp³-hybridized carbons (Fsp3) is 0.357. The van der Waals surface area contributed by atoms with E-state index in [2.05, 4.69) is 12.1 Å². The Hall–Kier alpha value is -1.42. The maximum Gasteiger partial charge on any atom is 0.328 e. The van der Waals surface area contributed by atoms with Crippen molar-refractivity contribution in [3.63, 3.8) is 0 Å². The van der Waals surface area contributed by atoms with Crippen molar-refractivity contribution in [1.82, 2.24) is 9.13 Å². The smallest absolute Gasteiger partial charge is 0.298 e. The van der Waals surface area contributed by atoms with Crippen LogP contribution >= 0.6 is 11.8 Å². The van der Waals surface area contributed by atoms with Gasteiger partial charge in [-0.2, -0.15) is 0 Å². The molecule has 0 aliphatic heterocycles. The van der Waals surface area contributed by atoms with Crippen LogP contribution in [0.5, 0.6) is 0 Å². The highest BCUT2D eigenvalue weighted by molar-refractivity contribution is 7.99. The van der Waals surface area contributed by atoms with Crippen molar-refractivity contribution >= 4 is 11.8 Å². The van der Waals surface area contributed by atoms with E-state index in [0.29, 0.717) is 6.04 Å². The van der Waals surface area contributed by atoms with Crippen LogP contribution < -0.4 is 5.69 Å². The second-order valence-electron chi connectivity index (χ2n) is 4.57. The molecule has 1 heterocycles. The second-order valence-corrected chi connectivity index (χ2v) is 5.74. The predicted octanol–water partition coefficient (Wildman–Crippen LogP) is 2.78. The molecular weight excluding hydrogens is 244 g/mol. The molecule has 1 aliphatic rings. The average molecular weight is 260 g/mol. The molecular formula is C14H16N2OS. The number of hydrogen-bond donors (Lipinski definition) is 0. The zero-order chi connectivity index (χ0) is 12.4. The zero-order valence-electron chi connectivity index (χ0n) is 10.2. The van der Waals surface area contributed by atoms with Gasteiger partial charge in [0.1, 0.15) is 0 Å². The van der Waals surface area contributed by atoms with Crippen LogP contribution in [0, 0.1) is 0 Å². The molecule has 0 unspecified atom stereocenters. The van der Waals surface area contributed by atoms with Gasteiger partial charge in [-0.15, -0.1) is 11.8 Å². The van der Waals surface area contributed by atoms with Crippen LogP contribution in [-0.4, -0.2) is 14.9 Å². The summed E-state index contributed by atoms with van der Waals surface area (Å²) < 4.78 is 3.68. The van der Waals surface area contributed by atoms with Gasteiger partial charge in [-0.25, -0.2) is 4.79 Å². The Labute approximate surface area is 110 Å². The van der Waals surface area contributed by atoms with Gasteiger partial charge in [0.15, 0.2) is 0 Å². The lowest BCUT2D eigenvalue weighted by molar-refractivity contribution is 0.648. The minimum Gasteiger partial charge on any atom is -0.298 e. The van der Waals surface area contributed by atoms with Gasteiger partial charge in [0.05, 0.1) is 0 Å². The minimum atomic E-state index is 0.145. The molecule has 1 aromatic heterocycles. The van der Waals surface area contributed by atoms with E-state index < -0.39 is 0 Å². The Kier molecular flexibility index (Phi) is 3.28. The Balaban J connectivity index is 1.59. The highest BCUT2D eigenvalue weighted by Gasteiger charge is 2.25. The molecule has 18 heavy (non-hydrogen) atoms. The van der Waals surface area contributed by atoms with E-state index in [0.717, 1.165) is 25.1 Å². The summed E-state index contributed by atoms with van der Waals surface area (Å²) >= 11 is 1.79. The number of aromatic nitrogens is 2. The van der Waals surface area contributed by atoms with E-state index in [9.17, 15) is 4.79 Å². The largest absolute Gasteiger partial charge is 0.328 e. The first-order valence-corrected chi connectivity index (χ1v) is 7.28. The second kappa shape index (κ2) is 5.06. The molecule has 0 atom stereocenters. The van der Waals surface area contributed by atoms with Crippen LogP contribution in [0.2, 0.25) is 0 Å². The lowest BCUT2D eigenvalue weighted by Gasteiger charge is -2.02. The lowest BCUT2D eigenvalue weighted by atomic mass is 10.4. The first-order valence-electron chi connectivity index (χ1n) is 6.30. The van der Waals surface area contributed by atoms with Crippen molar-refractivity contribution in [2.75, 3.05) is 5.75 Å². The third-order valence-corrected chi connectivity index (χ3v) is 4.15. The molecule has 0 N–H and O–H groups in total. The maximum atomic E-state index is 12.0. The molecule has 3 nitrogen and oxygen atoms in total. The number of imidazole rings is 1. The van der Waals surface area contributed by atoms with E-state index >= 15 is 0 Å². The summed E-state index contributed by atoms with van der Waals surface area (Å²) in [4.78, 5) is 13.3. The third kappa shape index (κ3) is 2.53. The molecule has 0 spiro atoms. The molecule has 0 radical (unpaired) electrons. The summed E-state index contributed by atoms with van der Waals surface area (Å²) in [6, 6.07) is 10.8. The van der Waals surface area contributed by atoms with E-state index in [1.807, 2.05) is 39.7 Å². The number of nitrogens with zero attached hydrogens (tertiary/aromatic N) is 2. The first-order chi connectivity index (χ1) is 8.84. The van der Waals surface area contributed by atoms with Crippen molar-refractivity contribution in [2.45, 2.75) is 30.3 Å². The Morgan fingerprint density at radius 2 is 1.94 bits per heavy atom. The maximum absolute atomic E-state index is 12.0. The number of hydrogen-bond acceptors (Lipinski definition) is 2. The van der Waals surface area contributed by atoms with Crippen LogP contribution in [0.4, 0.5) is 0 Å². The van der Waals surface area contributed by atoms with E-state index in [1.54, 1.807) is 11.8 Å². The molecule has 1 fully saturated rings. The molecule has 2 aromatic rings. The predicted molar refractivity (Wildman–Crippen MR) is 74.1 cm³/mol. The first kappa shape index (κ1) is 11.7. The molecule has 0 bridgehead atoms. The molecule has 1 aliphatic carbocycles. The molecule has 94 valence electrons. The van der Waals surface area contributed by atoms with Gasteiger partial charge in [-0.1, -0.05) is 18.2 Å². The van der Waals surface area contributed by atoms with Crippen molar-refractivity contribution in [3.05, 3.63) is 53.2 Å². The van der Waals surface area contributed by atoms with Crippen molar-refractivity contribution in [1.29, 1.82) is 0 Å². The fourth-order valence-corrected chi connectivity index (χ4v) is 2.88. The summed E-state index contributed by atoms with van der Waals surface area (Å²) in [5.41, 5.74) is 0.145. The van der Waals surface area contributed by atoms with E-state index in [-0.39, 0.29) is 5.69 Å². The Morgan fingerprint density at radius 1 is 1.17 bits per heavy atom. The SMILES string of the molecule is O=c1n(CCSc2ccccc2)ccn1C1CC1. The van der Waals surface area contributed by atoms with E-state index in [4.69, 9.17) is 0 Å². The normalized spacial score (nSPS) is 14.9. The van der Waals surface area contributed by atoms with Gasteiger partial charge in [0.25, 0.3) is 0 Å². The van der Waals surface area contributed by atoms with Crippen molar-refractivity contribution in [2.24, 2.45) is 0 Å². The number of thioether (sulfide) groups is 1. The highest BCUT2D eigenvalue weighted by Crippen LogP contribution is 2.33. The van der Waals surface area contributed by atoms with Crippen molar-refractivity contribution < 1.29 is 0 Å². The summed E-state index contributed by atoms with van der Waals surface area (Å²) in [5.74, 6) is 0.929. The Morgan fingerprint density at radius 3 is 2.67 bits per heavy atom. The summed E-state index contributed by atoms with van der Waals surface area (Å²) in [6.07, 6.45) is 6.14. The topological polar surface area (TPSA) is 26.9 Å². The van der Waals surface area contributed by atoms with E-state index in [1.165, 1.54) is 4.90 Å². The average Bonchev–Trinajstić information content (AvgIpc) is 3.17.